The van der Waals surface area contributed by atoms with Gasteiger partial charge in [0.25, 0.3) is 0 Å². The molecule has 0 aliphatic rings. The normalized spacial score (nSPS) is 13.1. The molecule has 1 unspecified atom stereocenters. The molecule has 0 radical (unpaired) electrons. The maximum absolute atomic E-state index is 12.8. The Kier molecular flexibility index (Phi) is 48.1. The van der Waals surface area contributed by atoms with Gasteiger partial charge in [-0.3, -0.25) is 14.4 Å². The molecule has 0 saturated heterocycles. The molecule has 360 valence electrons. The number of rotatable bonds is 44. The van der Waals surface area contributed by atoms with Crippen LogP contribution in [0.15, 0.2) is 122 Å². The van der Waals surface area contributed by atoms with Gasteiger partial charge in [-0.2, -0.15) is 0 Å². The first-order valence-corrected chi connectivity index (χ1v) is 25.6. The van der Waals surface area contributed by atoms with Crippen LogP contribution >= 0.6 is 0 Å². The van der Waals surface area contributed by atoms with Gasteiger partial charge in [0.1, 0.15) is 13.2 Å². The molecule has 0 fully saturated rings. The molecule has 0 bridgehead atoms. The van der Waals surface area contributed by atoms with E-state index < -0.39 is 6.10 Å². The van der Waals surface area contributed by atoms with Gasteiger partial charge in [0, 0.05) is 19.3 Å². The topological polar surface area (TPSA) is 78.9 Å². The Labute approximate surface area is 392 Å². The summed E-state index contributed by atoms with van der Waals surface area (Å²) in [7, 11) is 0. The zero-order chi connectivity index (χ0) is 46.5. The molecule has 1 atom stereocenters. The minimum atomic E-state index is -0.821. The number of hydrogen-bond acceptors (Lipinski definition) is 6. The minimum Gasteiger partial charge on any atom is -0.462 e. The van der Waals surface area contributed by atoms with E-state index in [9.17, 15) is 14.4 Å². The summed E-state index contributed by atoms with van der Waals surface area (Å²) in [6.07, 6.45) is 70.4. The predicted octanol–water partition coefficient (Wildman–Crippen LogP) is 16.9. The van der Waals surface area contributed by atoms with E-state index in [4.69, 9.17) is 14.2 Å². The highest BCUT2D eigenvalue weighted by Crippen LogP contribution is 2.13. The van der Waals surface area contributed by atoms with Crippen molar-refractivity contribution >= 4 is 17.9 Å². The Morgan fingerprint density at radius 2 is 0.734 bits per heavy atom. The van der Waals surface area contributed by atoms with Crippen molar-refractivity contribution in [3.05, 3.63) is 122 Å². The molecule has 0 aromatic heterocycles. The second-order valence-corrected chi connectivity index (χ2v) is 16.5. The van der Waals surface area contributed by atoms with Crippen LogP contribution in [0.4, 0.5) is 0 Å². The first-order valence-electron chi connectivity index (χ1n) is 25.6. The molecule has 64 heavy (non-hydrogen) atoms. The molecular weight excluding hydrogens is 793 g/mol. The quantitative estimate of drug-likeness (QED) is 0.0199. The summed E-state index contributed by atoms with van der Waals surface area (Å²) in [6, 6.07) is 0. The summed E-state index contributed by atoms with van der Waals surface area (Å²) >= 11 is 0. The van der Waals surface area contributed by atoms with E-state index in [0.29, 0.717) is 19.3 Å². The van der Waals surface area contributed by atoms with Gasteiger partial charge < -0.3 is 14.2 Å². The maximum Gasteiger partial charge on any atom is 0.306 e. The van der Waals surface area contributed by atoms with E-state index in [0.717, 1.165) is 96.3 Å². The fourth-order valence-electron chi connectivity index (χ4n) is 6.52. The van der Waals surface area contributed by atoms with E-state index in [2.05, 4.69) is 99.8 Å². The molecule has 0 spiro atoms. The molecule has 0 amide bonds. The third-order valence-corrected chi connectivity index (χ3v) is 10.4. The lowest BCUT2D eigenvalue weighted by Crippen LogP contribution is -2.30. The van der Waals surface area contributed by atoms with Crippen LogP contribution in [0.1, 0.15) is 207 Å². The summed E-state index contributed by atoms with van der Waals surface area (Å²) < 4.78 is 16.7. The van der Waals surface area contributed by atoms with Gasteiger partial charge in [-0.15, -0.1) is 0 Å². The molecule has 0 aromatic carbocycles. The summed E-state index contributed by atoms with van der Waals surface area (Å²) in [5.74, 6) is -1.03. The Hall–Kier alpha value is -4.19. The van der Waals surface area contributed by atoms with Crippen molar-refractivity contribution in [3.8, 4) is 0 Å². The summed E-state index contributed by atoms with van der Waals surface area (Å²) in [5.41, 5.74) is 0. The van der Waals surface area contributed by atoms with Crippen molar-refractivity contribution in [3.63, 3.8) is 0 Å². The maximum atomic E-state index is 12.8. The largest absolute Gasteiger partial charge is 0.462 e. The summed E-state index contributed by atoms with van der Waals surface area (Å²) in [4.78, 5) is 37.9. The molecule has 0 aliphatic carbocycles. The van der Waals surface area contributed by atoms with Crippen LogP contribution in [-0.2, 0) is 28.6 Å². The van der Waals surface area contributed by atoms with Gasteiger partial charge in [0.2, 0.25) is 0 Å². The van der Waals surface area contributed by atoms with Crippen molar-refractivity contribution in [1.82, 2.24) is 0 Å². The molecule has 6 heteroatoms. The fourth-order valence-corrected chi connectivity index (χ4v) is 6.52. The average molecular weight is 885 g/mol. The molecule has 0 N–H and O–H groups in total. The van der Waals surface area contributed by atoms with E-state index in [-0.39, 0.29) is 37.5 Å². The van der Waals surface area contributed by atoms with Crippen molar-refractivity contribution in [2.24, 2.45) is 0 Å². The molecule has 0 aliphatic heterocycles. The van der Waals surface area contributed by atoms with E-state index in [1.807, 2.05) is 42.5 Å². The Balaban J connectivity index is 4.54. The highest BCUT2D eigenvalue weighted by atomic mass is 16.6. The average Bonchev–Trinajstić information content (AvgIpc) is 3.29. The number of carbonyl (C=O) groups excluding carboxylic acids is 3. The summed E-state index contributed by atoms with van der Waals surface area (Å²) in [5, 5.41) is 0. The molecule has 6 nitrogen and oxygen atoms in total. The fraction of sp³-hybridized carbons (Fsp3) is 0.603. The highest BCUT2D eigenvalue weighted by Gasteiger charge is 2.19. The van der Waals surface area contributed by atoms with Crippen molar-refractivity contribution in [1.29, 1.82) is 0 Å². The summed E-state index contributed by atoms with van der Waals surface area (Å²) in [6.45, 7) is 6.31. The predicted molar refractivity (Wildman–Crippen MR) is 274 cm³/mol. The van der Waals surface area contributed by atoms with Crippen LogP contribution < -0.4 is 0 Å². The second kappa shape index (κ2) is 51.4. The zero-order valence-electron chi connectivity index (χ0n) is 41.0. The lowest BCUT2D eigenvalue weighted by molar-refractivity contribution is -0.166. The SMILES string of the molecule is CC/C=C/C=C/C=C/CCCCCCCCCC(=O)OC(COC(=O)CC/C=C/C/C=C/CCCCCCCC)COC(=O)CCCCCCC/C=C/C=C/C=C/C=C/C=C/CCC. The Morgan fingerprint density at radius 1 is 0.344 bits per heavy atom. The van der Waals surface area contributed by atoms with Crippen LogP contribution in [0.25, 0.3) is 0 Å². The van der Waals surface area contributed by atoms with Crippen molar-refractivity contribution < 1.29 is 28.6 Å². The number of unbranched alkanes of at least 4 members (excludes halogenated alkanes) is 19. The number of ether oxygens (including phenoxy) is 3. The second-order valence-electron chi connectivity index (χ2n) is 16.5. The Bertz CT molecular complexity index is 1390. The third-order valence-electron chi connectivity index (χ3n) is 10.4. The van der Waals surface area contributed by atoms with Crippen LogP contribution in [-0.4, -0.2) is 37.2 Å². The zero-order valence-corrected chi connectivity index (χ0v) is 41.0. The standard InChI is InChI=1S/C58H92O6/c1-4-7-10-13-16-19-22-25-27-28-29-31-33-36-39-42-45-48-51-57(60)63-54-55(53-62-56(59)50-47-44-41-38-35-32-24-21-18-15-12-9-6-3)64-58(61)52-49-46-43-40-37-34-30-26-23-20-17-14-11-8-5-2/h8,10-11,13-14,16-17,19-20,22-23,25,27-29,31-32,35,41,44,55H,4-7,9,12,15,18,21,24,26,30,33-34,36-40,42-43,45-54H2,1-3H3/b11-8+,13-10+,17-14+,19-16+,23-20+,25-22+,28-27+,31-29+,35-32+,44-41+. The molecule has 0 saturated carbocycles. The van der Waals surface area contributed by atoms with Gasteiger partial charge in [-0.25, -0.2) is 0 Å². The van der Waals surface area contributed by atoms with Crippen molar-refractivity contribution in [2.75, 3.05) is 13.2 Å². The first kappa shape index (κ1) is 59.8. The van der Waals surface area contributed by atoms with Gasteiger partial charge in [-0.05, 0) is 77.0 Å². The number of allylic oxidation sites excluding steroid dienone is 20. The number of esters is 3. The van der Waals surface area contributed by atoms with Crippen LogP contribution in [0.3, 0.4) is 0 Å². The van der Waals surface area contributed by atoms with E-state index in [1.54, 1.807) is 0 Å². The number of hydrogen-bond donors (Lipinski definition) is 0. The van der Waals surface area contributed by atoms with Crippen LogP contribution in [0.2, 0.25) is 0 Å². The van der Waals surface area contributed by atoms with E-state index in [1.165, 1.54) is 64.2 Å². The molecular formula is C58H92O6. The Morgan fingerprint density at radius 3 is 1.23 bits per heavy atom. The molecule has 0 rings (SSSR count). The van der Waals surface area contributed by atoms with E-state index >= 15 is 0 Å². The highest BCUT2D eigenvalue weighted by molar-refractivity contribution is 5.71. The minimum absolute atomic E-state index is 0.117. The molecule has 0 aromatic rings. The van der Waals surface area contributed by atoms with Gasteiger partial charge in [-0.1, -0.05) is 232 Å². The first-order chi connectivity index (χ1) is 31.5. The van der Waals surface area contributed by atoms with Gasteiger partial charge in [0.05, 0.1) is 0 Å². The van der Waals surface area contributed by atoms with Crippen LogP contribution in [0.5, 0.6) is 0 Å². The number of carbonyl (C=O) groups is 3. The van der Waals surface area contributed by atoms with Crippen LogP contribution in [0, 0.1) is 0 Å². The smallest absolute Gasteiger partial charge is 0.306 e. The van der Waals surface area contributed by atoms with Crippen molar-refractivity contribution in [2.45, 2.75) is 213 Å². The monoisotopic (exact) mass is 885 g/mol. The van der Waals surface area contributed by atoms with Gasteiger partial charge >= 0.3 is 17.9 Å². The molecule has 0 heterocycles. The third kappa shape index (κ3) is 48.8. The lowest BCUT2D eigenvalue weighted by atomic mass is 10.1. The van der Waals surface area contributed by atoms with Gasteiger partial charge in [0.15, 0.2) is 6.10 Å². The lowest BCUT2D eigenvalue weighted by Gasteiger charge is -2.18.